The van der Waals surface area contributed by atoms with E-state index >= 15 is 0 Å². The molecule has 16 heavy (non-hydrogen) atoms. The molecule has 0 aliphatic rings. The number of alkyl halides is 2. The lowest BCUT2D eigenvalue weighted by molar-refractivity contribution is 0.0691. The first-order chi connectivity index (χ1) is 7.51. The molecule has 1 aromatic rings. The average Bonchev–Trinajstić information content (AvgIpc) is 2.26. The highest BCUT2D eigenvalue weighted by molar-refractivity contribution is 5.93. The first-order valence-corrected chi connectivity index (χ1v) is 4.01. The van der Waals surface area contributed by atoms with Gasteiger partial charge in [0.25, 0.3) is 6.43 Å². The van der Waals surface area contributed by atoms with Crippen LogP contribution in [0.15, 0.2) is 6.07 Å². The Morgan fingerprint density at radius 3 is 2.69 bits per heavy atom. The number of carboxylic acids is 1. The maximum absolute atomic E-state index is 12.4. The van der Waals surface area contributed by atoms with E-state index in [2.05, 4.69) is 9.72 Å². The summed E-state index contributed by atoms with van der Waals surface area (Å²) in [7, 11) is 1.12. The second-order valence-corrected chi connectivity index (χ2v) is 2.69. The van der Waals surface area contributed by atoms with Gasteiger partial charge in [-0.05, 0) is 0 Å². The van der Waals surface area contributed by atoms with Crippen molar-refractivity contribution in [3.63, 3.8) is 0 Å². The monoisotopic (exact) mass is 228 g/mol. The van der Waals surface area contributed by atoms with E-state index in [9.17, 15) is 13.6 Å². The second-order valence-electron chi connectivity index (χ2n) is 2.69. The molecular weight excluding hydrogens is 222 g/mol. The number of halogens is 2. The molecule has 1 heterocycles. The predicted octanol–water partition coefficient (Wildman–Crippen LogP) is 1.60. The first-order valence-electron chi connectivity index (χ1n) is 4.01. The van der Waals surface area contributed by atoms with E-state index in [0.29, 0.717) is 0 Å². The zero-order valence-electron chi connectivity index (χ0n) is 8.07. The van der Waals surface area contributed by atoms with Crippen molar-refractivity contribution in [2.45, 2.75) is 6.43 Å². The fourth-order valence-electron chi connectivity index (χ4n) is 1.10. The third-order valence-electron chi connectivity index (χ3n) is 1.77. The lowest BCUT2D eigenvalue weighted by Gasteiger charge is -2.08. The first kappa shape index (κ1) is 11.8. The Morgan fingerprint density at radius 1 is 1.69 bits per heavy atom. The van der Waals surface area contributed by atoms with E-state index in [4.69, 9.17) is 10.4 Å². The highest BCUT2D eigenvalue weighted by Crippen LogP contribution is 2.26. The molecule has 84 valence electrons. The fraction of sp³-hybridized carbons (Fsp3) is 0.222. The lowest BCUT2D eigenvalue weighted by Crippen LogP contribution is -2.08. The van der Waals surface area contributed by atoms with Crippen LogP contribution >= 0.6 is 0 Å². The zero-order valence-corrected chi connectivity index (χ0v) is 8.07. The van der Waals surface area contributed by atoms with Crippen molar-refractivity contribution < 1.29 is 23.4 Å². The molecule has 0 saturated carbocycles. The number of methoxy groups -OCH3 is 1. The summed E-state index contributed by atoms with van der Waals surface area (Å²) in [5.41, 5.74) is -1.81. The van der Waals surface area contributed by atoms with Crippen LogP contribution in [0.3, 0.4) is 0 Å². The third-order valence-corrected chi connectivity index (χ3v) is 1.77. The van der Waals surface area contributed by atoms with Crippen molar-refractivity contribution in [2.24, 2.45) is 0 Å². The summed E-state index contributed by atoms with van der Waals surface area (Å²) < 4.78 is 29.3. The minimum Gasteiger partial charge on any atom is -0.496 e. The van der Waals surface area contributed by atoms with Crippen LogP contribution in [-0.2, 0) is 0 Å². The summed E-state index contributed by atoms with van der Waals surface area (Å²) in [5.74, 6) is -1.77. The minimum atomic E-state index is -2.90. The number of nitriles is 1. The highest BCUT2D eigenvalue weighted by Gasteiger charge is 2.22. The molecule has 0 fully saturated rings. The Balaban J connectivity index is 3.51. The maximum atomic E-state index is 12.4. The van der Waals surface area contributed by atoms with Crippen molar-refractivity contribution in [1.29, 1.82) is 5.26 Å². The maximum Gasteiger partial charge on any atom is 0.342 e. The number of nitrogens with zero attached hydrogens (tertiary/aromatic N) is 2. The van der Waals surface area contributed by atoms with Crippen molar-refractivity contribution >= 4 is 5.97 Å². The Morgan fingerprint density at radius 2 is 2.31 bits per heavy atom. The molecule has 0 spiro atoms. The van der Waals surface area contributed by atoms with Crippen molar-refractivity contribution in [1.82, 2.24) is 4.98 Å². The molecule has 0 aliphatic heterocycles. The van der Waals surface area contributed by atoms with Gasteiger partial charge < -0.3 is 9.84 Å². The molecule has 0 amide bonds. The third kappa shape index (κ3) is 2.06. The number of ether oxygens (including phenoxy) is 1. The molecule has 0 aromatic carbocycles. The van der Waals surface area contributed by atoms with Gasteiger partial charge in [-0.15, -0.1) is 0 Å². The highest BCUT2D eigenvalue weighted by atomic mass is 19.3. The van der Waals surface area contributed by atoms with Crippen molar-refractivity contribution in [2.75, 3.05) is 7.11 Å². The SMILES string of the molecule is COc1cc(C(F)F)nc(C#N)c1C(=O)O. The van der Waals surface area contributed by atoms with Crippen LogP contribution in [0.2, 0.25) is 0 Å². The number of hydrogen-bond donors (Lipinski definition) is 1. The summed E-state index contributed by atoms with van der Waals surface area (Å²) in [6.45, 7) is 0. The van der Waals surface area contributed by atoms with Gasteiger partial charge in [-0.3, -0.25) is 0 Å². The Kier molecular flexibility index (Phi) is 3.35. The fourth-order valence-corrected chi connectivity index (χ4v) is 1.10. The van der Waals surface area contributed by atoms with E-state index in [1.807, 2.05) is 0 Å². The standard InChI is InChI=1S/C9H6F2N2O3/c1-16-6-2-4(8(10)11)13-5(3-12)7(6)9(14)15/h2,8H,1H3,(H,14,15). The van der Waals surface area contributed by atoms with Crippen molar-refractivity contribution in [3.8, 4) is 11.8 Å². The molecule has 0 aliphatic carbocycles. The summed E-state index contributed by atoms with van der Waals surface area (Å²) in [5, 5.41) is 17.4. The van der Waals surface area contributed by atoms with Crippen LogP contribution in [0.5, 0.6) is 5.75 Å². The molecule has 0 unspecified atom stereocenters. The van der Waals surface area contributed by atoms with Crippen molar-refractivity contribution in [3.05, 3.63) is 23.0 Å². The van der Waals surface area contributed by atoms with Crippen LogP contribution in [-0.4, -0.2) is 23.2 Å². The molecule has 1 rings (SSSR count). The van der Waals surface area contributed by atoms with Gasteiger partial charge in [0.1, 0.15) is 23.1 Å². The summed E-state index contributed by atoms with van der Waals surface area (Å²) >= 11 is 0. The summed E-state index contributed by atoms with van der Waals surface area (Å²) in [6.07, 6.45) is -2.90. The summed E-state index contributed by atoms with van der Waals surface area (Å²) in [4.78, 5) is 14.0. The molecule has 5 nitrogen and oxygen atoms in total. The van der Waals surface area contributed by atoms with Gasteiger partial charge in [0.15, 0.2) is 5.69 Å². The smallest absolute Gasteiger partial charge is 0.342 e. The normalized spacial score (nSPS) is 9.94. The number of aromatic nitrogens is 1. The number of rotatable bonds is 3. The number of aromatic carboxylic acids is 1. The van der Waals surface area contributed by atoms with Crippen LogP contribution in [0.4, 0.5) is 8.78 Å². The van der Waals surface area contributed by atoms with Gasteiger partial charge in [-0.2, -0.15) is 5.26 Å². The topological polar surface area (TPSA) is 83.2 Å². The van der Waals surface area contributed by atoms with Gasteiger partial charge in [0.2, 0.25) is 0 Å². The van der Waals surface area contributed by atoms with Crippen LogP contribution < -0.4 is 4.74 Å². The predicted molar refractivity (Wildman–Crippen MR) is 47.4 cm³/mol. The molecule has 0 bridgehead atoms. The average molecular weight is 228 g/mol. The van der Waals surface area contributed by atoms with E-state index in [1.165, 1.54) is 6.07 Å². The largest absolute Gasteiger partial charge is 0.496 e. The number of pyridine rings is 1. The minimum absolute atomic E-state index is 0.311. The van der Waals surface area contributed by atoms with Gasteiger partial charge in [0, 0.05) is 6.07 Å². The van der Waals surface area contributed by atoms with E-state index < -0.39 is 29.3 Å². The molecule has 0 atom stereocenters. The van der Waals surface area contributed by atoms with E-state index in [-0.39, 0.29) is 5.75 Å². The lowest BCUT2D eigenvalue weighted by atomic mass is 10.1. The van der Waals surface area contributed by atoms with E-state index in [1.54, 1.807) is 0 Å². The Bertz CT molecular complexity index is 469. The Hall–Kier alpha value is -2.23. The van der Waals surface area contributed by atoms with Crippen LogP contribution in [0.25, 0.3) is 0 Å². The Labute approximate surface area is 88.9 Å². The summed E-state index contributed by atoms with van der Waals surface area (Å²) in [6, 6.07) is 2.24. The van der Waals surface area contributed by atoms with Crippen LogP contribution in [0.1, 0.15) is 28.2 Å². The van der Waals surface area contributed by atoms with Gasteiger partial charge in [0.05, 0.1) is 7.11 Å². The molecule has 1 aromatic heterocycles. The zero-order chi connectivity index (χ0) is 12.3. The van der Waals surface area contributed by atoms with Gasteiger partial charge in [-0.1, -0.05) is 0 Å². The number of hydrogen-bond acceptors (Lipinski definition) is 4. The molecule has 0 radical (unpaired) electrons. The molecule has 1 N–H and O–H groups in total. The van der Waals surface area contributed by atoms with E-state index in [0.717, 1.165) is 13.2 Å². The number of carboxylic acid groups (broad SMARTS) is 1. The molecule has 0 saturated heterocycles. The van der Waals surface area contributed by atoms with Gasteiger partial charge in [-0.25, -0.2) is 18.6 Å². The van der Waals surface area contributed by atoms with Crippen LogP contribution in [0, 0.1) is 11.3 Å². The molecular formula is C9H6F2N2O3. The second kappa shape index (κ2) is 4.53. The molecule has 7 heteroatoms. The quantitative estimate of drug-likeness (QED) is 0.849. The van der Waals surface area contributed by atoms with Gasteiger partial charge >= 0.3 is 5.97 Å². The number of carbonyl (C=O) groups is 1.